The lowest BCUT2D eigenvalue weighted by molar-refractivity contribution is -0.129. The molecule has 0 fully saturated rings. The molecule has 322 valence electrons. The molecular weight excluding hydrogens is 761 g/mol. The Morgan fingerprint density at radius 2 is 0.883 bits per heavy atom. The Hall–Kier alpha value is -5.86. The second-order valence-electron chi connectivity index (χ2n) is 15.9. The number of amides is 6. The normalized spacial score (nSPS) is 14.2. The number of aliphatic hydroxyl groups is 2. The van der Waals surface area contributed by atoms with Gasteiger partial charge in [0.2, 0.25) is 11.8 Å². The summed E-state index contributed by atoms with van der Waals surface area (Å²) in [5.74, 6) is -1.75. The number of carbonyl (C=O) groups is 4. The fourth-order valence-corrected chi connectivity index (χ4v) is 6.69. The monoisotopic (exact) mass is 822 g/mol. The highest BCUT2D eigenvalue weighted by atomic mass is 16.3. The van der Waals surface area contributed by atoms with Crippen LogP contribution in [0.2, 0.25) is 0 Å². The van der Waals surface area contributed by atoms with Crippen LogP contribution in [0.15, 0.2) is 109 Å². The van der Waals surface area contributed by atoms with E-state index in [1.807, 2.05) is 125 Å². The Morgan fingerprint density at radius 1 is 0.533 bits per heavy atom. The van der Waals surface area contributed by atoms with Crippen LogP contribution in [0.1, 0.15) is 50.2 Å². The fraction of sp³-hybridized carbons (Fsp3) is 0.435. The van der Waals surface area contributed by atoms with Crippen molar-refractivity contribution in [1.82, 2.24) is 41.0 Å². The summed E-state index contributed by atoms with van der Waals surface area (Å²) in [4.78, 5) is 66.4. The molecule has 6 atom stereocenters. The Balaban J connectivity index is 1.52. The summed E-state index contributed by atoms with van der Waals surface area (Å²) in [6.45, 7) is 7.98. The molecule has 0 radical (unpaired) electrons. The maximum atomic E-state index is 14.1. The zero-order valence-electron chi connectivity index (χ0n) is 35.6. The predicted octanol–water partition coefficient (Wildman–Crippen LogP) is 3.77. The van der Waals surface area contributed by atoms with Gasteiger partial charge in [0.25, 0.3) is 0 Å². The van der Waals surface area contributed by atoms with Crippen LogP contribution in [-0.2, 0) is 35.3 Å². The van der Waals surface area contributed by atoms with Crippen molar-refractivity contribution in [3.05, 3.63) is 132 Å². The summed E-state index contributed by atoms with van der Waals surface area (Å²) in [7, 11) is 3.29. The number of pyridine rings is 2. The number of likely N-dealkylation sites (N-methyl/N-ethyl adjacent to an activating group) is 2. The molecule has 2 aromatic heterocycles. The molecule has 60 heavy (non-hydrogen) atoms. The van der Waals surface area contributed by atoms with Crippen LogP contribution in [0.5, 0.6) is 0 Å². The number of carbonyl (C=O) groups excluding carboxylic acids is 4. The van der Waals surface area contributed by atoms with Crippen molar-refractivity contribution >= 4 is 23.9 Å². The number of benzene rings is 2. The van der Waals surface area contributed by atoms with Gasteiger partial charge >= 0.3 is 12.1 Å². The van der Waals surface area contributed by atoms with E-state index in [0.717, 1.165) is 22.5 Å². The van der Waals surface area contributed by atoms with Gasteiger partial charge in [-0.05, 0) is 60.1 Å². The van der Waals surface area contributed by atoms with E-state index >= 15 is 0 Å². The average Bonchev–Trinajstić information content (AvgIpc) is 3.25. The number of aromatic nitrogens is 2. The van der Waals surface area contributed by atoms with Gasteiger partial charge in [-0.1, -0.05) is 100 Å². The van der Waals surface area contributed by atoms with E-state index in [0.29, 0.717) is 25.9 Å². The number of hydrogen-bond acceptors (Lipinski definition) is 8. The van der Waals surface area contributed by atoms with Crippen LogP contribution in [0.4, 0.5) is 9.59 Å². The summed E-state index contributed by atoms with van der Waals surface area (Å²) in [5, 5.41) is 35.6. The number of urea groups is 2. The summed E-state index contributed by atoms with van der Waals surface area (Å²) in [6, 6.07) is 24.7. The molecule has 0 saturated carbocycles. The molecule has 0 aliphatic carbocycles. The van der Waals surface area contributed by atoms with E-state index in [-0.39, 0.29) is 24.7 Å². The van der Waals surface area contributed by atoms with Crippen LogP contribution in [0.3, 0.4) is 0 Å². The number of nitrogens with zero attached hydrogens (tertiary/aromatic N) is 4. The van der Waals surface area contributed by atoms with Gasteiger partial charge in [-0.3, -0.25) is 19.6 Å². The zero-order valence-corrected chi connectivity index (χ0v) is 35.6. The van der Waals surface area contributed by atoms with Gasteiger partial charge in [0.1, 0.15) is 24.3 Å². The van der Waals surface area contributed by atoms with Gasteiger partial charge in [-0.15, -0.1) is 0 Å². The third-order valence-electron chi connectivity index (χ3n) is 10.4. The quantitative estimate of drug-likeness (QED) is 0.0733. The molecule has 0 bridgehead atoms. The van der Waals surface area contributed by atoms with E-state index in [1.54, 1.807) is 26.5 Å². The maximum Gasteiger partial charge on any atom is 0.317 e. The highest BCUT2D eigenvalue weighted by molar-refractivity contribution is 5.88. The Kier molecular flexibility index (Phi) is 18.5. The van der Waals surface area contributed by atoms with Crippen molar-refractivity contribution in [3.8, 4) is 0 Å². The van der Waals surface area contributed by atoms with Crippen LogP contribution in [-0.4, -0.2) is 117 Å². The summed E-state index contributed by atoms with van der Waals surface area (Å²) in [5.41, 5.74) is 3.23. The lowest BCUT2D eigenvalue weighted by Crippen LogP contribution is -2.62. The van der Waals surface area contributed by atoms with E-state index in [9.17, 15) is 29.4 Å². The molecule has 6 N–H and O–H groups in total. The molecule has 14 heteroatoms. The second kappa shape index (κ2) is 23.7. The summed E-state index contributed by atoms with van der Waals surface area (Å²) < 4.78 is 0. The van der Waals surface area contributed by atoms with Crippen LogP contribution >= 0.6 is 0 Å². The van der Waals surface area contributed by atoms with Crippen molar-refractivity contribution in [1.29, 1.82) is 0 Å². The van der Waals surface area contributed by atoms with Gasteiger partial charge in [0.05, 0.1) is 12.1 Å². The van der Waals surface area contributed by atoms with Crippen molar-refractivity contribution in [2.75, 3.05) is 27.2 Å². The van der Waals surface area contributed by atoms with Gasteiger partial charge in [-0.25, -0.2) is 9.59 Å². The Labute approximate surface area is 354 Å². The Bertz CT molecular complexity index is 1770. The first-order valence-corrected chi connectivity index (χ1v) is 20.6. The summed E-state index contributed by atoms with van der Waals surface area (Å²) >= 11 is 0. The minimum Gasteiger partial charge on any atom is -0.388 e. The molecule has 14 nitrogen and oxygen atoms in total. The fourth-order valence-electron chi connectivity index (χ4n) is 6.69. The van der Waals surface area contributed by atoms with Gasteiger partial charge < -0.3 is 41.3 Å². The van der Waals surface area contributed by atoms with Crippen molar-refractivity contribution in [2.45, 2.75) is 89.8 Å². The van der Waals surface area contributed by atoms with Crippen LogP contribution in [0, 0.1) is 11.8 Å². The maximum absolute atomic E-state index is 14.1. The largest absolute Gasteiger partial charge is 0.388 e. The minimum absolute atomic E-state index is 0.134. The molecule has 0 aliphatic heterocycles. The topological polar surface area (TPSA) is 189 Å². The first kappa shape index (κ1) is 46.8. The molecule has 2 heterocycles. The lowest BCUT2D eigenvalue weighted by atomic mass is 9.90. The SMILES string of the molecule is CC(C)[C@H](NC(=O)N(C)CCc1ccccn1)C(=O)N[C@@H](Cc1ccccc1)[C@H](O)[C@H](O)[C@H](Cc1ccccc1)NC(=O)[C@H](NC(=O)N(C)CCc1ccccn1)C(C)C. The standard InChI is InChI=1S/C46H62N8O6/c1-31(2)39(51-45(59)53(5)27-23-35-21-13-15-25-47-35)43(57)49-37(29-33-17-9-7-10-18-33)41(55)42(56)38(30-34-19-11-8-12-20-34)50-44(58)40(32(3)4)52-46(60)54(6)28-24-36-22-14-16-26-48-36/h7-22,25-26,31-32,37-42,55-56H,23-24,27-30H2,1-6H3,(H,49,57)(H,50,58)(H,51,59)(H,52,60)/t37-,38-,39-,40+,41-,42+/m0/s1. The molecule has 6 amide bonds. The van der Waals surface area contributed by atoms with Crippen molar-refractivity contribution < 1.29 is 29.4 Å². The number of nitrogens with one attached hydrogen (secondary N) is 4. The average molecular weight is 823 g/mol. The molecule has 0 aliphatic rings. The lowest BCUT2D eigenvalue weighted by Gasteiger charge is -2.35. The van der Waals surface area contributed by atoms with E-state index in [1.165, 1.54) is 9.80 Å². The molecule has 0 unspecified atom stereocenters. The summed E-state index contributed by atoms with van der Waals surface area (Å²) in [6.07, 6.45) is 1.54. The smallest absolute Gasteiger partial charge is 0.317 e. The van der Waals surface area contributed by atoms with Crippen molar-refractivity contribution in [2.24, 2.45) is 11.8 Å². The number of aliphatic hydroxyl groups excluding tert-OH is 2. The predicted molar refractivity (Wildman–Crippen MR) is 232 cm³/mol. The zero-order chi connectivity index (χ0) is 43.6. The molecule has 2 aromatic carbocycles. The molecule has 0 saturated heterocycles. The number of hydrogen-bond donors (Lipinski definition) is 6. The molecular formula is C46H62N8O6. The third-order valence-corrected chi connectivity index (χ3v) is 10.4. The third kappa shape index (κ3) is 14.8. The van der Waals surface area contributed by atoms with Gasteiger partial charge in [0, 0.05) is 63.8 Å². The van der Waals surface area contributed by atoms with Gasteiger partial charge in [0.15, 0.2) is 0 Å². The highest BCUT2D eigenvalue weighted by Crippen LogP contribution is 2.17. The molecule has 4 rings (SSSR count). The molecule has 4 aromatic rings. The highest BCUT2D eigenvalue weighted by Gasteiger charge is 2.38. The molecule has 0 spiro atoms. The van der Waals surface area contributed by atoms with Gasteiger partial charge in [-0.2, -0.15) is 0 Å². The van der Waals surface area contributed by atoms with Crippen molar-refractivity contribution in [3.63, 3.8) is 0 Å². The first-order chi connectivity index (χ1) is 28.7. The van der Waals surface area contributed by atoms with E-state index < -0.39 is 60.3 Å². The Morgan fingerprint density at radius 3 is 1.20 bits per heavy atom. The number of rotatable bonds is 21. The van der Waals surface area contributed by atoms with E-state index in [4.69, 9.17) is 0 Å². The van der Waals surface area contributed by atoms with Crippen LogP contribution in [0.25, 0.3) is 0 Å². The minimum atomic E-state index is -1.59. The van der Waals surface area contributed by atoms with E-state index in [2.05, 4.69) is 31.2 Å². The first-order valence-electron chi connectivity index (χ1n) is 20.6. The van der Waals surface area contributed by atoms with Crippen LogP contribution < -0.4 is 21.3 Å². The second-order valence-corrected chi connectivity index (χ2v) is 15.9.